The van der Waals surface area contributed by atoms with E-state index in [0.29, 0.717) is 11.3 Å². The highest BCUT2D eigenvalue weighted by Gasteiger charge is 2.64. The lowest BCUT2D eigenvalue weighted by molar-refractivity contribution is -0.299. The SMILES string of the molecule is CCOC(=O)N1N=C(c2ccc(OC)cc2)C[C@]1(O)C(F)(F)F. The van der Waals surface area contributed by atoms with Crippen LogP contribution in [0.2, 0.25) is 0 Å². The summed E-state index contributed by atoms with van der Waals surface area (Å²) in [6.45, 7) is 1.30. The fourth-order valence-electron chi connectivity index (χ4n) is 2.09. The molecule has 23 heavy (non-hydrogen) atoms. The number of aliphatic hydroxyl groups is 1. The number of hydrazone groups is 1. The van der Waals surface area contributed by atoms with E-state index in [-0.39, 0.29) is 17.3 Å². The molecule has 1 N–H and O–H groups in total. The summed E-state index contributed by atoms with van der Waals surface area (Å²) in [5.74, 6) is 0.515. The second-order valence-electron chi connectivity index (χ2n) is 4.78. The van der Waals surface area contributed by atoms with Crippen LogP contribution in [-0.2, 0) is 4.74 Å². The molecule has 0 saturated heterocycles. The first-order chi connectivity index (χ1) is 10.7. The summed E-state index contributed by atoms with van der Waals surface area (Å²) < 4.78 is 49.1. The Kier molecular flexibility index (Phi) is 4.51. The van der Waals surface area contributed by atoms with Gasteiger partial charge in [0, 0.05) is 0 Å². The van der Waals surface area contributed by atoms with Gasteiger partial charge in [-0.1, -0.05) is 0 Å². The third-order valence-electron chi connectivity index (χ3n) is 3.30. The number of halogens is 3. The summed E-state index contributed by atoms with van der Waals surface area (Å²) in [6, 6.07) is 6.06. The minimum atomic E-state index is -5.09. The maximum absolute atomic E-state index is 13.2. The third-order valence-corrected chi connectivity index (χ3v) is 3.30. The van der Waals surface area contributed by atoms with Crippen molar-refractivity contribution in [1.29, 1.82) is 0 Å². The number of nitrogens with zero attached hydrogens (tertiary/aromatic N) is 2. The van der Waals surface area contributed by atoms with Crippen LogP contribution in [0.25, 0.3) is 0 Å². The van der Waals surface area contributed by atoms with Crippen molar-refractivity contribution in [2.45, 2.75) is 25.2 Å². The first-order valence-corrected chi connectivity index (χ1v) is 6.71. The minimum Gasteiger partial charge on any atom is -0.497 e. The molecule has 1 atom stereocenters. The molecule has 1 aromatic carbocycles. The van der Waals surface area contributed by atoms with E-state index in [4.69, 9.17) is 4.74 Å². The molecule has 2 rings (SSSR count). The van der Waals surface area contributed by atoms with E-state index < -0.39 is 24.4 Å². The molecule has 1 aliphatic heterocycles. The zero-order valence-electron chi connectivity index (χ0n) is 12.4. The predicted octanol–water partition coefficient (Wildman–Crippen LogP) is 2.51. The van der Waals surface area contributed by atoms with Gasteiger partial charge in [0.1, 0.15) is 5.75 Å². The van der Waals surface area contributed by atoms with Crippen LogP contribution < -0.4 is 4.74 Å². The maximum atomic E-state index is 13.2. The topological polar surface area (TPSA) is 71.4 Å². The lowest BCUT2D eigenvalue weighted by Crippen LogP contribution is -2.56. The van der Waals surface area contributed by atoms with Gasteiger partial charge in [-0.05, 0) is 36.8 Å². The number of alkyl halides is 3. The van der Waals surface area contributed by atoms with Gasteiger partial charge in [0.25, 0.3) is 5.72 Å². The van der Waals surface area contributed by atoms with Crippen LogP contribution in [-0.4, -0.2) is 47.5 Å². The lowest BCUT2D eigenvalue weighted by atomic mass is 10.0. The van der Waals surface area contributed by atoms with Crippen molar-refractivity contribution in [2.75, 3.05) is 13.7 Å². The van der Waals surface area contributed by atoms with Crippen LogP contribution in [0.5, 0.6) is 5.75 Å². The molecule has 0 fully saturated rings. The number of ether oxygens (including phenoxy) is 2. The summed E-state index contributed by atoms with van der Waals surface area (Å²) >= 11 is 0. The monoisotopic (exact) mass is 332 g/mol. The normalized spacial score (nSPS) is 21.1. The Morgan fingerprint density at radius 3 is 2.48 bits per heavy atom. The fraction of sp³-hybridized carbons (Fsp3) is 0.429. The van der Waals surface area contributed by atoms with Gasteiger partial charge in [0.05, 0.1) is 25.8 Å². The zero-order valence-corrected chi connectivity index (χ0v) is 12.4. The van der Waals surface area contributed by atoms with Gasteiger partial charge < -0.3 is 14.6 Å². The molecule has 0 aliphatic carbocycles. The lowest BCUT2D eigenvalue weighted by Gasteiger charge is -2.31. The number of amides is 1. The zero-order chi connectivity index (χ0) is 17.3. The van der Waals surface area contributed by atoms with Crippen LogP contribution in [0.4, 0.5) is 18.0 Å². The molecule has 0 spiro atoms. The van der Waals surface area contributed by atoms with Gasteiger partial charge in [-0.15, -0.1) is 0 Å². The van der Waals surface area contributed by atoms with Gasteiger partial charge >= 0.3 is 12.3 Å². The van der Waals surface area contributed by atoms with Gasteiger partial charge in [0.15, 0.2) is 0 Å². The van der Waals surface area contributed by atoms with E-state index in [1.807, 2.05) is 0 Å². The largest absolute Gasteiger partial charge is 0.497 e. The van der Waals surface area contributed by atoms with E-state index in [9.17, 15) is 23.1 Å². The van der Waals surface area contributed by atoms with Crippen LogP contribution in [0.3, 0.4) is 0 Å². The molecular formula is C14H15F3N2O4. The Morgan fingerprint density at radius 2 is 2.00 bits per heavy atom. The molecule has 9 heteroatoms. The summed E-state index contributed by atoms with van der Waals surface area (Å²) in [5.41, 5.74) is -3.19. The van der Waals surface area contributed by atoms with Crippen molar-refractivity contribution in [1.82, 2.24) is 5.01 Å². The second kappa shape index (κ2) is 6.07. The summed E-state index contributed by atoms with van der Waals surface area (Å²) in [6.07, 6.45) is -7.34. The molecule has 0 bridgehead atoms. The van der Waals surface area contributed by atoms with E-state index in [0.717, 1.165) is 0 Å². The number of hydrogen-bond acceptors (Lipinski definition) is 5. The Balaban J connectivity index is 2.38. The number of methoxy groups -OCH3 is 1. The number of hydrogen-bond donors (Lipinski definition) is 1. The van der Waals surface area contributed by atoms with Gasteiger partial charge in [-0.25, -0.2) is 4.79 Å². The Morgan fingerprint density at radius 1 is 1.39 bits per heavy atom. The van der Waals surface area contributed by atoms with Gasteiger partial charge in [-0.2, -0.15) is 23.3 Å². The minimum absolute atomic E-state index is 0.0595. The third kappa shape index (κ3) is 3.09. The first-order valence-electron chi connectivity index (χ1n) is 6.71. The Bertz CT molecular complexity index is 615. The molecule has 1 aliphatic rings. The smallest absolute Gasteiger partial charge is 0.439 e. The van der Waals surface area contributed by atoms with Crippen molar-refractivity contribution < 1.29 is 32.5 Å². The van der Waals surface area contributed by atoms with Crippen LogP contribution in [0.1, 0.15) is 18.9 Å². The molecule has 0 unspecified atom stereocenters. The molecular weight excluding hydrogens is 317 g/mol. The number of rotatable bonds is 3. The average Bonchev–Trinajstić information content (AvgIpc) is 2.87. The van der Waals surface area contributed by atoms with Crippen molar-refractivity contribution in [3.63, 3.8) is 0 Å². The van der Waals surface area contributed by atoms with E-state index in [2.05, 4.69) is 9.84 Å². The van der Waals surface area contributed by atoms with Crippen LogP contribution in [0, 0.1) is 0 Å². The van der Waals surface area contributed by atoms with Crippen LogP contribution >= 0.6 is 0 Å². The number of benzene rings is 1. The average molecular weight is 332 g/mol. The van der Waals surface area contributed by atoms with Crippen molar-refractivity contribution >= 4 is 11.8 Å². The second-order valence-corrected chi connectivity index (χ2v) is 4.78. The fourth-order valence-corrected chi connectivity index (χ4v) is 2.09. The number of carbonyl (C=O) groups excluding carboxylic acids is 1. The van der Waals surface area contributed by atoms with Gasteiger partial charge in [0.2, 0.25) is 0 Å². The maximum Gasteiger partial charge on any atom is 0.439 e. The molecule has 0 saturated carbocycles. The van der Waals surface area contributed by atoms with E-state index in [1.165, 1.54) is 38.3 Å². The molecule has 1 aromatic rings. The highest BCUT2D eigenvalue weighted by molar-refractivity contribution is 6.03. The Labute approximate surface area is 130 Å². The highest BCUT2D eigenvalue weighted by Crippen LogP contribution is 2.41. The summed E-state index contributed by atoms with van der Waals surface area (Å²) in [5, 5.41) is 13.5. The Hall–Kier alpha value is -2.29. The predicted molar refractivity (Wildman–Crippen MR) is 74.0 cm³/mol. The summed E-state index contributed by atoms with van der Waals surface area (Å²) in [4.78, 5) is 11.7. The molecule has 6 nitrogen and oxygen atoms in total. The molecule has 0 radical (unpaired) electrons. The van der Waals surface area contributed by atoms with E-state index in [1.54, 1.807) is 0 Å². The molecule has 126 valence electrons. The standard InChI is InChI=1S/C14H15F3N2O4/c1-3-23-12(20)19-13(21,14(15,16)17)8-11(18-19)9-4-6-10(22-2)7-5-9/h4-7,21H,3,8H2,1-2H3/t13-/m0/s1. The highest BCUT2D eigenvalue weighted by atomic mass is 19.4. The van der Waals surface area contributed by atoms with Crippen LogP contribution in [0.15, 0.2) is 29.4 Å². The van der Waals surface area contributed by atoms with Crippen molar-refractivity contribution in [2.24, 2.45) is 5.10 Å². The van der Waals surface area contributed by atoms with Crippen molar-refractivity contribution in [3.05, 3.63) is 29.8 Å². The van der Waals surface area contributed by atoms with Crippen molar-refractivity contribution in [3.8, 4) is 5.75 Å². The first kappa shape index (κ1) is 17.1. The van der Waals surface area contributed by atoms with E-state index >= 15 is 0 Å². The number of carbonyl (C=O) groups is 1. The van der Waals surface area contributed by atoms with Gasteiger partial charge in [-0.3, -0.25) is 0 Å². The quantitative estimate of drug-likeness (QED) is 0.923. The molecule has 1 heterocycles. The molecule has 0 aromatic heterocycles. The summed E-state index contributed by atoms with van der Waals surface area (Å²) in [7, 11) is 1.45. The molecule has 1 amide bonds.